The Morgan fingerprint density at radius 1 is 1.47 bits per heavy atom. The van der Waals surface area contributed by atoms with Crippen molar-refractivity contribution in [1.82, 2.24) is 9.55 Å². The number of nitrogens with zero attached hydrogens (tertiary/aromatic N) is 2. The third kappa shape index (κ3) is 3.58. The first-order valence-corrected chi connectivity index (χ1v) is 6.95. The van der Waals surface area contributed by atoms with Crippen LogP contribution in [0.15, 0.2) is 35.1 Å². The zero-order valence-electron chi connectivity index (χ0n) is 11.0. The van der Waals surface area contributed by atoms with Gasteiger partial charge in [-0.15, -0.1) is 0 Å². The van der Waals surface area contributed by atoms with Crippen LogP contribution in [0.4, 0.5) is 0 Å². The van der Waals surface area contributed by atoms with Gasteiger partial charge in [-0.2, -0.15) is 0 Å². The standard InChI is InChI=1S/C14H17BrN2O2/c1-10(18)13-4-3-12(15)9-14(13)19-8-7-17-6-5-16-11(17)2/h3-6,9-10,18H,7-8H2,1-2H3. The number of halogens is 1. The predicted octanol–water partition coefficient (Wildman–Crippen LogP) is 3.09. The largest absolute Gasteiger partial charge is 0.491 e. The lowest BCUT2D eigenvalue weighted by Gasteiger charge is -2.14. The first kappa shape index (κ1) is 14.1. The third-order valence-corrected chi connectivity index (χ3v) is 3.43. The lowest BCUT2D eigenvalue weighted by molar-refractivity contribution is 0.190. The molecule has 1 aromatic heterocycles. The first-order valence-electron chi connectivity index (χ1n) is 6.16. The Kier molecular flexibility index (Phi) is 4.61. The van der Waals surface area contributed by atoms with E-state index in [1.54, 1.807) is 13.1 Å². The number of aryl methyl sites for hydroxylation is 1. The molecule has 2 aromatic rings. The summed E-state index contributed by atoms with van der Waals surface area (Å²) in [7, 11) is 0. The minimum atomic E-state index is -0.543. The van der Waals surface area contributed by atoms with Crippen LogP contribution >= 0.6 is 15.9 Å². The number of aliphatic hydroxyl groups is 1. The van der Waals surface area contributed by atoms with Crippen molar-refractivity contribution in [2.75, 3.05) is 6.61 Å². The molecule has 0 saturated heterocycles. The van der Waals surface area contributed by atoms with Crippen molar-refractivity contribution in [2.45, 2.75) is 26.5 Å². The van der Waals surface area contributed by atoms with Crippen LogP contribution in [0.2, 0.25) is 0 Å². The van der Waals surface area contributed by atoms with Crippen LogP contribution in [0, 0.1) is 6.92 Å². The summed E-state index contributed by atoms with van der Waals surface area (Å²) in [6, 6.07) is 5.64. The normalized spacial score (nSPS) is 12.4. The van der Waals surface area contributed by atoms with E-state index in [-0.39, 0.29) is 0 Å². The van der Waals surface area contributed by atoms with E-state index in [1.807, 2.05) is 35.9 Å². The molecule has 0 saturated carbocycles. The Morgan fingerprint density at radius 2 is 2.26 bits per heavy atom. The van der Waals surface area contributed by atoms with Crippen molar-refractivity contribution >= 4 is 15.9 Å². The second kappa shape index (κ2) is 6.21. The summed E-state index contributed by atoms with van der Waals surface area (Å²) in [6.07, 6.45) is 3.16. The maximum atomic E-state index is 9.71. The van der Waals surface area contributed by atoms with Crippen molar-refractivity contribution in [3.8, 4) is 5.75 Å². The minimum absolute atomic E-state index is 0.535. The molecular weight excluding hydrogens is 308 g/mol. The van der Waals surface area contributed by atoms with Crippen LogP contribution in [-0.4, -0.2) is 21.3 Å². The molecule has 0 aliphatic carbocycles. The van der Waals surface area contributed by atoms with E-state index in [0.29, 0.717) is 12.4 Å². The Bertz CT molecular complexity index is 552. The van der Waals surface area contributed by atoms with Crippen molar-refractivity contribution in [3.05, 3.63) is 46.5 Å². The highest BCUT2D eigenvalue weighted by atomic mass is 79.9. The SMILES string of the molecule is Cc1nccn1CCOc1cc(Br)ccc1C(C)O. The van der Waals surface area contributed by atoms with E-state index in [2.05, 4.69) is 20.9 Å². The van der Waals surface area contributed by atoms with E-state index < -0.39 is 6.10 Å². The Hall–Kier alpha value is -1.33. The zero-order valence-corrected chi connectivity index (χ0v) is 12.6. The average molecular weight is 325 g/mol. The summed E-state index contributed by atoms with van der Waals surface area (Å²) in [6.45, 7) is 4.96. The minimum Gasteiger partial charge on any atom is -0.491 e. The van der Waals surface area contributed by atoms with Gasteiger partial charge in [0.25, 0.3) is 0 Å². The van der Waals surface area contributed by atoms with Crippen LogP contribution in [0.5, 0.6) is 5.75 Å². The number of ether oxygens (including phenoxy) is 1. The zero-order chi connectivity index (χ0) is 13.8. The van der Waals surface area contributed by atoms with Crippen molar-refractivity contribution in [2.24, 2.45) is 0 Å². The molecule has 0 spiro atoms. The van der Waals surface area contributed by atoms with Gasteiger partial charge < -0.3 is 14.4 Å². The van der Waals surface area contributed by atoms with Gasteiger partial charge >= 0.3 is 0 Å². The fourth-order valence-corrected chi connectivity index (χ4v) is 2.21. The van der Waals surface area contributed by atoms with Crippen LogP contribution in [-0.2, 0) is 6.54 Å². The van der Waals surface area contributed by atoms with E-state index in [1.165, 1.54) is 0 Å². The van der Waals surface area contributed by atoms with Gasteiger partial charge in [0.15, 0.2) is 0 Å². The van der Waals surface area contributed by atoms with Gasteiger partial charge in [-0.3, -0.25) is 0 Å². The molecule has 1 aromatic carbocycles. The fraction of sp³-hybridized carbons (Fsp3) is 0.357. The monoisotopic (exact) mass is 324 g/mol. The molecule has 0 bridgehead atoms. The third-order valence-electron chi connectivity index (χ3n) is 2.94. The van der Waals surface area contributed by atoms with E-state index >= 15 is 0 Å². The van der Waals surface area contributed by atoms with Crippen molar-refractivity contribution < 1.29 is 9.84 Å². The molecule has 1 atom stereocenters. The van der Waals surface area contributed by atoms with E-state index in [0.717, 1.165) is 22.4 Å². The molecular formula is C14H17BrN2O2. The predicted molar refractivity (Wildman–Crippen MR) is 77.2 cm³/mol. The highest BCUT2D eigenvalue weighted by molar-refractivity contribution is 9.10. The lowest BCUT2D eigenvalue weighted by Crippen LogP contribution is -2.10. The molecule has 0 radical (unpaired) electrons. The summed E-state index contributed by atoms with van der Waals surface area (Å²) >= 11 is 3.41. The molecule has 1 N–H and O–H groups in total. The Balaban J connectivity index is 2.03. The van der Waals surface area contributed by atoms with Crippen LogP contribution in [0.1, 0.15) is 24.4 Å². The number of hydrogen-bond donors (Lipinski definition) is 1. The van der Waals surface area contributed by atoms with Crippen LogP contribution in [0.25, 0.3) is 0 Å². The maximum Gasteiger partial charge on any atom is 0.126 e. The molecule has 5 heteroatoms. The van der Waals surface area contributed by atoms with Gasteiger partial charge in [0.1, 0.15) is 18.2 Å². The number of imidazole rings is 1. The average Bonchev–Trinajstić information content (AvgIpc) is 2.75. The quantitative estimate of drug-likeness (QED) is 0.919. The van der Waals surface area contributed by atoms with Gasteiger partial charge in [-0.25, -0.2) is 4.98 Å². The second-order valence-electron chi connectivity index (χ2n) is 4.37. The molecule has 0 aliphatic heterocycles. The topological polar surface area (TPSA) is 47.3 Å². The smallest absolute Gasteiger partial charge is 0.126 e. The summed E-state index contributed by atoms with van der Waals surface area (Å²) in [5, 5.41) is 9.71. The maximum absolute atomic E-state index is 9.71. The summed E-state index contributed by atoms with van der Waals surface area (Å²) in [5.74, 6) is 1.68. The second-order valence-corrected chi connectivity index (χ2v) is 5.29. The molecule has 0 aliphatic rings. The number of hydrogen-bond acceptors (Lipinski definition) is 3. The summed E-state index contributed by atoms with van der Waals surface area (Å²) in [5.41, 5.74) is 0.797. The highest BCUT2D eigenvalue weighted by Gasteiger charge is 2.09. The van der Waals surface area contributed by atoms with E-state index in [4.69, 9.17) is 4.74 Å². The highest BCUT2D eigenvalue weighted by Crippen LogP contribution is 2.28. The van der Waals surface area contributed by atoms with Gasteiger partial charge in [0.2, 0.25) is 0 Å². The van der Waals surface area contributed by atoms with Gasteiger partial charge in [-0.1, -0.05) is 22.0 Å². The molecule has 4 nitrogen and oxygen atoms in total. The fourth-order valence-electron chi connectivity index (χ4n) is 1.87. The van der Waals surface area contributed by atoms with Crippen LogP contribution < -0.4 is 4.74 Å². The van der Waals surface area contributed by atoms with Crippen molar-refractivity contribution in [1.29, 1.82) is 0 Å². The number of aliphatic hydroxyl groups excluding tert-OH is 1. The Morgan fingerprint density at radius 3 is 2.89 bits per heavy atom. The molecule has 19 heavy (non-hydrogen) atoms. The molecule has 0 amide bonds. The van der Waals surface area contributed by atoms with Gasteiger partial charge in [0, 0.05) is 22.4 Å². The number of aromatic nitrogens is 2. The first-order chi connectivity index (χ1) is 9.08. The number of benzene rings is 1. The molecule has 1 unspecified atom stereocenters. The van der Waals surface area contributed by atoms with Gasteiger partial charge in [0.05, 0.1) is 12.6 Å². The summed E-state index contributed by atoms with van der Waals surface area (Å²) in [4.78, 5) is 4.16. The molecule has 2 rings (SSSR count). The Labute approximate surface area is 121 Å². The lowest BCUT2D eigenvalue weighted by atomic mass is 10.1. The van der Waals surface area contributed by atoms with E-state index in [9.17, 15) is 5.11 Å². The van der Waals surface area contributed by atoms with Crippen LogP contribution in [0.3, 0.4) is 0 Å². The molecule has 1 heterocycles. The molecule has 102 valence electrons. The van der Waals surface area contributed by atoms with Crippen molar-refractivity contribution in [3.63, 3.8) is 0 Å². The summed E-state index contributed by atoms with van der Waals surface area (Å²) < 4.78 is 8.73. The molecule has 0 fully saturated rings. The number of rotatable bonds is 5. The van der Waals surface area contributed by atoms with Gasteiger partial charge in [-0.05, 0) is 26.0 Å².